The van der Waals surface area contributed by atoms with Crippen LogP contribution in [0.15, 0.2) is 35.9 Å². The molecule has 0 aliphatic heterocycles. The van der Waals surface area contributed by atoms with E-state index < -0.39 is 0 Å². The monoisotopic (exact) mass is 218 g/mol. The minimum Gasteiger partial charge on any atom is -0.310 e. The minimum atomic E-state index is 0.198. The summed E-state index contributed by atoms with van der Waals surface area (Å²) in [7, 11) is 1.94. The Bertz CT molecular complexity index is 487. The van der Waals surface area contributed by atoms with E-state index in [1.807, 2.05) is 26.2 Å². The standard InChI is InChI=1S/C12H14N2S/c1-8(2)12(13-3)9-6-11-10(14-7-9)4-5-15-11/h4-7,12-13H,1H2,2-3H3. The second-order valence-electron chi connectivity index (χ2n) is 3.64. The molecule has 2 aromatic rings. The summed E-state index contributed by atoms with van der Waals surface area (Å²) in [6.45, 7) is 6.01. The Labute approximate surface area is 93.7 Å². The van der Waals surface area contributed by atoms with E-state index >= 15 is 0 Å². The van der Waals surface area contributed by atoms with Crippen molar-refractivity contribution in [1.29, 1.82) is 0 Å². The predicted molar refractivity (Wildman–Crippen MR) is 66.2 cm³/mol. The molecule has 2 aromatic heterocycles. The van der Waals surface area contributed by atoms with Gasteiger partial charge in [-0.25, -0.2) is 0 Å². The Balaban J connectivity index is 2.46. The third-order valence-corrected chi connectivity index (χ3v) is 3.29. The number of aromatic nitrogens is 1. The van der Waals surface area contributed by atoms with Gasteiger partial charge in [0.1, 0.15) is 0 Å². The molecule has 3 heteroatoms. The third kappa shape index (κ3) is 1.94. The first-order valence-electron chi connectivity index (χ1n) is 4.88. The molecule has 0 saturated heterocycles. The molecule has 1 N–H and O–H groups in total. The van der Waals surface area contributed by atoms with Crippen molar-refractivity contribution in [1.82, 2.24) is 10.3 Å². The molecule has 2 heterocycles. The topological polar surface area (TPSA) is 24.9 Å². The van der Waals surface area contributed by atoms with Crippen molar-refractivity contribution in [2.45, 2.75) is 13.0 Å². The van der Waals surface area contributed by atoms with Crippen molar-refractivity contribution >= 4 is 21.6 Å². The number of thiophene rings is 1. The quantitative estimate of drug-likeness (QED) is 0.801. The number of rotatable bonds is 3. The van der Waals surface area contributed by atoms with Crippen LogP contribution < -0.4 is 5.32 Å². The van der Waals surface area contributed by atoms with Crippen LogP contribution in [0.3, 0.4) is 0 Å². The first kappa shape index (κ1) is 10.3. The molecule has 1 unspecified atom stereocenters. The van der Waals surface area contributed by atoms with Crippen LogP contribution in [0, 0.1) is 0 Å². The van der Waals surface area contributed by atoms with Crippen LogP contribution in [-0.4, -0.2) is 12.0 Å². The summed E-state index contributed by atoms with van der Waals surface area (Å²) in [5.74, 6) is 0. The van der Waals surface area contributed by atoms with Gasteiger partial charge in [0.2, 0.25) is 0 Å². The predicted octanol–water partition coefficient (Wildman–Crippen LogP) is 3.13. The maximum atomic E-state index is 4.42. The van der Waals surface area contributed by atoms with Gasteiger partial charge in [0.25, 0.3) is 0 Å². The fraction of sp³-hybridized carbons (Fsp3) is 0.250. The highest BCUT2D eigenvalue weighted by atomic mass is 32.1. The highest BCUT2D eigenvalue weighted by Crippen LogP contribution is 2.25. The number of hydrogen-bond acceptors (Lipinski definition) is 3. The van der Waals surface area contributed by atoms with Crippen molar-refractivity contribution in [2.75, 3.05) is 7.05 Å². The molecule has 0 aromatic carbocycles. The van der Waals surface area contributed by atoms with Gasteiger partial charge in [0.15, 0.2) is 0 Å². The second kappa shape index (κ2) is 4.13. The summed E-state index contributed by atoms with van der Waals surface area (Å²) in [5, 5.41) is 5.31. The number of nitrogens with one attached hydrogen (secondary N) is 1. The molecule has 78 valence electrons. The zero-order valence-corrected chi connectivity index (χ0v) is 9.77. The van der Waals surface area contributed by atoms with E-state index in [0.717, 1.165) is 11.1 Å². The SMILES string of the molecule is C=C(C)C(NC)c1cnc2ccsc2c1. The summed E-state index contributed by atoms with van der Waals surface area (Å²) >= 11 is 1.72. The first-order valence-corrected chi connectivity index (χ1v) is 5.76. The van der Waals surface area contributed by atoms with Crippen molar-refractivity contribution in [3.05, 3.63) is 41.4 Å². The van der Waals surface area contributed by atoms with Crippen LogP contribution in [0.4, 0.5) is 0 Å². The van der Waals surface area contributed by atoms with E-state index in [1.165, 1.54) is 10.3 Å². The van der Waals surface area contributed by atoms with Crippen molar-refractivity contribution in [2.24, 2.45) is 0 Å². The van der Waals surface area contributed by atoms with Crippen LogP contribution in [0.1, 0.15) is 18.5 Å². The molecule has 0 saturated carbocycles. The molecule has 0 bridgehead atoms. The Morgan fingerprint density at radius 1 is 1.60 bits per heavy atom. The van der Waals surface area contributed by atoms with E-state index in [4.69, 9.17) is 0 Å². The lowest BCUT2D eigenvalue weighted by atomic mass is 10.0. The van der Waals surface area contributed by atoms with Crippen molar-refractivity contribution in [3.8, 4) is 0 Å². The zero-order valence-electron chi connectivity index (χ0n) is 8.95. The number of nitrogens with zero attached hydrogens (tertiary/aromatic N) is 1. The highest BCUT2D eigenvalue weighted by molar-refractivity contribution is 7.17. The maximum absolute atomic E-state index is 4.42. The number of hydrogen-bond donors (Lipinski definition) is 1. The number of pyridine rings is 1. The maximum Gasteiger partial charge on any atom is 0.0809 e. The van der Waals surface area contributed by atoms with Crippen LogP contribution >= 0.6 is 11.3 Å². The summed E-state index contributed by atoms with van der Waals surface area (Å²) in [6, 6.07) is 4.42. The second-order valence-corrected chi connectivity index (χ2v) is 4.59. The smallest absolute Gasteiger partial charge is 0.0809 e. The fourth-order valence-corrected chi connectivity index (χ4v) is 2.51. The first-order chi connectivity index (χ1) is 7.22. The summed E-state index contributed by atoms with van der Waals surface area (Å²) in [4.78, 5) is 4.42. The van der Waals surface area contributed by atoms with E-state index in [0.29, 0.717) is 0 Å². The van der Waals surface area contributed by atoms with Gasteiger partial charge in [-0.05, 0) is 37.0 Å². The fourth-order valence-electron chi connectivity index (χ4n) is 1.72. The molecule has 0 fully saturated rings. The third-order valence-electron chi connectivity index (χ3n) is 2.44. The normalized spacial score (nSPS) is 12.9. The lowest BCUT2D eigenvalue weighted by molar-refractivity contribution is 0.678. The van der Waals surface area contributed by atoms with Gasteiger partial charge in [-0.15, -0.1) is 11.3 Å². The number of likely N-dealkylation sites (N-methyl/N-ethyl adjacent to an activating group) is 1. The van der Waals surface area contributed by atoms with Gasteiger partial charge in [-0.2, -0.15) is 0 Å². The van der Waals surface area contributed by atoms with Gasteiger partial charge in [0.05, 0.1) is 16.3 Å². The summed E-state index contributed by atoms with van der Waals surface area (Å²) < 4.78 is 1.23. The number of fused-ring (bicyclic) bond motifs is 1. The minimum absolute atomic E-state index is 0.198. The van der Waals surface area contributed by atoms with Gasteiger partial charge in [-0.3, -0.25) is 4.98 Å². The Hall–Kier alpha value is -1.19. The average molecular weight is 218 g/mol. The van der Waals surface area contributed by atoms with E-state index in [-0.39, 0.29) is 6.04 Å². The van der Waals surface area contributed by atoms with Gasteiger partial charge in [-0.1, -0.05) is 12.2 Å². The van der Waals surface area contributed by atoms with E-state index in [9.17, 15) is 0 Å². The molecule has 0 amide bonds. The average Bonchev–Trinajstić information content (AvgIpc) is 2.65. The van der Waals surface area contributed by atoms with Crippen molar-refractivity contribution in [3.63, 3.8) is 0 Å². The molecule has 1 atom stereocenters. The molecule has 0 aliphatic carbocycles. The molecule has 2 rings (SSSR count). The highest BCUT2D eigenvalue weighted by Gasteiger charge is 2.10. The summed E-state index contributed by atoms with van der Waals surface area (Å²) in [6.07, 6.45) is 1.92. The molecular formula is C12H14N2S. The molecule has 0 radical (unpaired) electrons. The molecule has 0 spiro atoms. The Morgan fingerprint density at radius 2 is 2.40 bits per heavy atom. The van der Waals surface area contributed by atoms with Gasteiger partial charge in [0, 0.05) is 6.20 Å². The van der Waals surface area contributed by atoms with E-state index in [2.05, 4.69) is 28.3 Å². The van der Waals surface area contributed by atoms with Crippen LogP contribution in [0.5, 0.6) is 0 Å². The lowest BCUT2D eigenvalue weighted by Gasteiger charge is -2.15. The Morgan fingerprint density at radius 3 is 3.07 bits per heavy atom. The molecule has 15 heavy (non-hydrogen) atoms. The van der Waals surface area contributed by atoms with Crippen LogP contribution in [0.2, 0.25) is 0 Å². The van der Waals surface area contributed by atoms with E-state index in [1.54, 1.807) is 11.3 Å². The lowest BCUT2D eigenvalue weighted by Crippen LogP contribution is -2.17. The van der Waals surface area contributed by atoms with Gasteiger partial charge < -0.3 is 5.32 Å². The summed E-state index contributed by atoms with van der Waals surface area (Å²) in [5.41, 5.74) is 3.36. The van der Waals surface area contributed by atoms with Crippen LogP contribution in [0.25, 0.3) is 10.2 Å². The largest absolute Gasteiger partial charge is 0.310 e. The van der Waals surface area contributed by atoms with Crippen LogP contribution in [-0.2, 0) is 0 Å². The molecule has 2 nitrogen and oxygen atoms in total. The molecule has 0 aliphatic rings. The zero-order chi connectivity index (χ0) is 10.8. The van der Waals surface area contributed by atoms with Crippen molar-refractivity contribution < 1.29 is 0 Å². The Kier molecular flexibility index (Phi) is 2.84. The molecular weight excluding hydrogens is 204 g/mol. The van der Waals surface area contributed by atoms with Gasteiger partial charge >= 0.3 is 0 Å².